The zero-order valence-electron chi connectivity index (χ0n) is 17.6. The first-order valence-electron chi connectivity index (χ1n) is 11.0. The van der Waals surface area contributed by atoms with Crippen LogP contribution in [0.3, 0.4) is 0 Å². The summed E-state index contributed by atoms with van der Waals surface area (Å²) in [6.07, 6.45) is 2.80. The molecule has 0 saturated heterocycles. The molecule has 6 rings (SSSR count). The lowest BCUT2D eigenvalue weighted by atomic mass is 9.83. The molecule has 9 heteroatoms. The van der Waals surface area contributed by atoms with Crippen LogP contribution in [0.2, 0.25) is 5.02 Å². The van der Waals surface area contributed by atoms with Crippen molar-refractivity contribution in [2.75, 3.05) is 0 Å². The van der Waals surface area contributed by atoms with E-state index < -0.39 is 26.6 Å². The number of nitrogens with one attached hydrogen (secondary N) is 1. The molecule has 0 aliphatic heterocycles. The zero-order chi connectivity index (χ0) is 22.8. The van der Waals surface area contributed by atoms with Gasteiger partial charge in [0.15, 0.2) is 0 Å². The first kappa shape index (κ1) is 20.9. The Balaban J connectivity index is 1.47. The summed E-state index contributed by atoms with van der Waals surface area (Å²) in [5.74, 6) is -0.967. The number of hydrogen-bond donors (Lipinski definition) is 1. The molecule has 2 aliphatic rings. The van der Waals surface area contributed by atoms with Crippen molar-refractivity contribution >= 4 is 32.3 Å². The number of aromatic amines is 1. The standard InChI is InChI=1S/C24H21ClFN3O3S/c25-16-9-11-20-19(13-16)18-10-8-15(12-21(18)27-20)24(26,23-29-28-22(32-23)14-6-7-14)33(30,31)17-4-2-1-3-5-17/h1-5,9,11,13-15,27H,6-8,10,12H2. The van der Waals surface area contributed by atoms with Crippen LogP contribution >= 0.6 is 11.6 Å². The summed E-state index contributed by atoms with van der Waals surface area (Å²) in [6.45, 7) is 0. The van der Waals surface area contributed by atoms with Gasteiger partial charge in [-0.15, -0.1) is 10.2 Å². The topological polar surface area (TPSA) is 88.8 Å². The summed E-state index contributed by atoms with van der Waals surface area (Å²) in [6, 6.07) is 13.2. The van der Waals surface area contributed by atoms with E-state index in [0.29, 0.717) is 23.8 Å². The molecule has 2 aromatic carbocycles. The average Bonchev–Trinajstić information content (AvgIpc) is 3.44. The van der Waals surface area contributed by atoms with E-state index in [1.165, 1.54) is 12.1 Å². The molecule has 33 heavy (non-hydrogen) atoms. The Bertz CT molecular complexity index is 1460. The summed E-state index contributed by atoms with van der Waals surface area (Å²) in [7, 11) is -4.48. The third kappa shape index (κ3) is 3.22. The maximum Gasteiger partial charge on any atom is 0.294 e. The van der Waals surface area contributed by atoms with Gasteiger partial charge in [0.1, 0.15) is 0 Å². The molecule has 2 aromatic heterocycles. The minimum Gasteiger partial charge on any atom is -0.420 e. The van der Waals surface area contributed by atoms with Crippen molar-refractivity contribution in [3.8, 4) is 0 Å². The largest absolute Gasteiger partial charge is 0.420 e. The number of sulfone groups is 1. The molecule has 0 spiro atoms. The predicted molar refractivity (Wildman–Crippen MR) is 122 cm³/mol. The van der Waals surface area contributed by atoms with Gasteiger partial charge in [0.25, 0.3) is 10.9 Å². The van der Waals surface area contributed by atoms with Crippen molar-refractivity contribution in [1.29, 1.82) is 0 Å². The Morgan fingerprint density at radius 2 is 1.88 bits per heavy atom. The van der Waals surface area contributed by atoms with Gasteiger partial charge >= 0.3 is 0 Å². The number of alkyl halides is 1. The fourth-order valence-corrected chi connectivity index (χ4v) is 6.85. The molecule has 2 aliphatic carbocycles. The molecule has 4 aromatic rings. The molecular weight excluding hydrogens is 465 g/mol. The highest BCUT2D eigenvalue weighted by atomic mass is 35.5. The normalized spacial score (nSPS) is 20.5. The van der Waals surface area contributed by atoms with E-state index in [1.54, 1.807) is 24.3 Å². The second-order valence-corrected chi connectivity index (χ2v) is 11.4. The molecule has 2 atom stereocenters. The van der Waals surface area contributed by atoms with Crippen molar-refractivity contribution in [1.82, 2.24) is 15.2 Å². The number of rotatable bonds is 5. The summed E-state index contributed by atoms with van der Waals surface area (Å²) in [4.78, 5) is 3.23. The number of H-pyrrole nitrogens is 1. The van der Waals surface area contributed by atoms with Crippen molar-refractivity contribution in [3.05, 3.63) is 76.6 Å². The maximum absolute atomic E-state index is 17.2. The molecule has 2 heterocycles. The van der Waals surface area contributed by atoms with E-state index in [0.717, 1.165) is 35.0 Å². The number of benzene rings is 2. The van der Waals surface area contributed by atoms with E-state index in [9.17, 15) is 8.42 Å². The van der Waals surface area contributed by atoms with Gasteiger partial charge in [0, 0.05) is 33.5 Å². The van der Waals surface area contributed by atoms with E-state index in [-0.39, 0.29) is 17.2 Å². The number of fused-ring (bicyclic) bond motifs is 3. The van der Waals surface area contributed by atoms with Crippen molar-refractivity contribution in [2.24, 2.45) is 5.92 Å². The fraction of sp³-hybridized carbons (Fsp3) is 0.333. The van der Waals surface area contributed by atoms with Crippen LogP contribution in [0, 0.1) is 5.92 Å². The number of hydrogen-bond acceptors (Lipinski definition) is 5. The third-order valence-corrected chi connectivity index (χ3v) is 9.20. The van der Waals surface area contributed by atoms with Gasteiger partial charge in [0.05, 0.1) is 4.90 Å². The summed E-state index contributed by atoms with van der Waals surface area (Å²) in [5, 5.41) is 6.68. The average molecular weight is 486 g/mol. The Labute approximate surface area is 195 Å². The maximum atomic E-state index is 17.2. The van der Waals surface area contributed by atoms with Gasteiger partial charge in [-0.1, -0.05) is 29.8 Å². The lowest BCUT2D eigenvalue weighted by Crippen LogP contribution is -2.42. The van der Waals surface area contributed by atoms with Gasteiger partial charge in [-0.05, 0) is 68.0 Å². The van der Waals surface area contributed by atoms with Gasteiger partial charge < -0.3 is 9.40 Å². The van der Waals surface area contributed by atoms with Gasteiger partial charge in [-0.3, -0.25) is 0 Å². The highest BCUT2D eigenvalue weighted by molar-refractivity contribution is 7.92. The second kappa shape index (κ2) is 7.40. The Morgan fingerprint density at radius 1 is 1.09 bits per heavy atom. The molecule has 0 bridgehead atoms. The Hall–Kier alpha value is -2.71. The quantitative estimate of drug-likeness (QED) is 0.404. The Morgan fingerprint density at radius 3 is 2.64 bits per heavy atom. The minimum absolute atomic E-state index is 0.0892. The van der Waals surface area contributed by atoms with E-state index >= 15 is 4.39 Å². The van der Waals surface area contributed by atoms with Gasteiger partial charge in [0.2, 0.25) is 15.7 Å². The molecule has 0 radical (unpaired) electrons. The zero-order valence-corrected chi connectivity index (χ0v) is 19.2. The molecule has 170 valence electrons. The predicted octanol–water partition coefficient (Wildman–Crippen LogP) is 5.48. The van der Waals surface area contributed by atoms with Gasteiger partial charge in [-0.2, -0.15) is 0 Å². The number of halogens is 2. The highest BCUT2D eigenvalue weighted by Crippen LogP contribution is 2.49. The van der Waals surface area contributed by atoms with Crippen LogP contribution in [0.4, 0.5) is 4.39 Å². The third-order valence-electron chi connectivity index (χ3n) is 6.78. The van der Waals surface area contributed by atoms with Crippen molar-refractivity contribution in [2.45, 2.75) is 47.9 Å². The number of aryl methyl sites for hydroxylation is 1. The van der Waals surface area contributed by atoms with Crippen LogP contribution in [0.1, 0.15) is 48.2 Å². The first-order valence-corrected chi connectivity index (χ1v) is 12.9. The van der Waals surface area contributed by atoms with Crippen LogP contribution in [0.25, 0.3) is 10.9 Å². The molecule has 1 fully saturated rings. The van der Waals surface area contributed by atoms with Crippen LogP contribution in [0.15, 0.2) is 57.8 Å². The molecule has 1 N–H and O–H groups in total. The SMILES string of the molecule is O=S(=O)(c1ccccc1)C(F)(c1nnc(C2CC2)o1)C1CCc2c([nH]c3ccc(Cl)cc23)C1. The molecule has 2 unspecified atom stereocenters. The second-order valence-electron chi connectivity index (χ2n) is 8.89. The van der Waals surface area contributed by atoms with Crippen LogP contribution in [0.5, 0.6) is 0 Å². The molecular formula is C24H21ClFN3O3S. The smallest absolute Gasteiger partial charge is 0.294 e. The van der Waals surface area contributed by atoms with Gasteiger partial charge in [-0.25, -0.2) is 12.8 Å². The molecule has 0 amide bonds. The van der Waals surface area contributed by atoms with Crippen LogP contribution < -0.4 is 0 Å². The highest BCUT2D eigenvalue weighted by Gasteiger charge is 2.58. The molecule has 6 nitrogen and oxygen atoms in total. The van der Waals surface area contributed by atoms with Crippen molar-refractivity contribution < 1.29 is 17.2 Å². The van der Waals surface area contributed by atoms with E-state index in [2.05, 4.69) is 15.2 Å². The lowest BCUT2D eigenvalue weighted by Gasteiger charge is -2.33. The monoisotopic (exact) mass is 485 g/mol. The van der Waals surface area contributed by atoms with Crippen LogP contribution in [-0.4, -0.2) is 23.6 Å². The number of aromatic nitrogens is 3. The minimum atomic E-state index is -4.48. The van der Waals surface area contributed by atoms with Crippen LogP contribution in [-0.2, 0) is 27.7 Å². The molecule has 1 saturated carbocycles. The Kier molecular flexibility index (Phi) is 4.68. The van der Waals surface area contributed by atoms with E-state index in [4.69, 9.17) is 16.0 Å². The fourth-order valence-electron chi connectivity index (χ4n) is 4.87. The summed E-state index contributed by atoms with van der Waals surface area (Å²) < 4.78 is 50.4. The lowest BCUT2D eigenvalue weighted by molar-refractivity contribution is 0.120. The summed E-state index contributed by atoms with van der Waals surface area (Å²) in [5.41, 5.74) is 2.76. The number of nitrogens with zero attached hydrogens (tertiary/aromatic N) is 2. The van der Waals surface area contributed by atoms with E-state index in [1.807, 2.05) is 12.1 Å². The van der Waals surface area contributed by atoms with Crippen molar-refractivity contribution in [3.63, 3.8) is 0 Å². The summed E-state index contributed by atoms with van der Waals surface area (Å²) >= 11 is 6.18. The first-order chi connectivity index (χ1) is 15.9.